The molecule has 0 aliphatic carbocycles. The maximum absolute atomic E-state index is 13.8. The van der Waals surface area contributed by atoms with Crippen molar-refractivity contribution < 1.29 is 33.8 Å². The minimum Gasteiger partial charge on any atom is -0.545 e. The first-order valence-electron chi connectivity index (χ1n) is 24.4. The van der Waals surface area contributed by atoms with Gasteiger partial charge in [0.2, 0.25) is 11.3 Å². The molecule has 0 bridgehead atoms. The van der Waals surface area contributed by atoms with Gasteiger partial charge in [-0.05, 0) is 164 Å². The second kappa shape index (κ2) is 18.4. The molecule has 2 N–H and O–H groups in total. The summed E-state index contributed by atoms with van der Waals surface area (Å²) in [6.45, 7) is 6.68. The van der Waals surface area contributed by atoms with Gasteiger partial charge in [0.15, 0.2) is 0 Å². The molecular formula is C56H54IN5O7. The lowest BCUT2D eigenvalue weighted by Crippen LogP contribution is -2.45. The van der Waals surface area contributed by atoms with Crippen molar-refractivity contribution in [3.8, 4) is 17.2 Å². The summed E-state index contributed by atoms with van der Waals surface area (Å²) in [5.74, 6) is 0.215. The van der Waals surface area contributed by atoms with Crippen LogP contribution in [0.25, 0.3) is 16.5 Å². The van der Waals surface area contributed by atoms with Gasteiger partial charge in [-0.1, -0.05) is 6.07 Å². The molecule has 0 unspecified atom stereocenters. The van der Waals surface area contributed by atoms with Crippen LogP contribution in [0.1, 0.15) is 114 Å². The fourth-order valence-electron chi connectivity index (χ4n) is 11.7. The Morgan fingerprint density at radius 2 is 1.51 bits per heavy atom. The van der Waals surface area contributed by atoms with Crippen LogP contribution in [0.2, 0.25) is 0 Å². The smallest absolute Gasteiger partial charge is 0.262 e. The van der Waals surface area contributed by atoms with Crippen molar-refractivity contribution in [3.63, 3.8) is 0 Å². The highest BCUT2D eigenvalue weighted by Gasteiger charge is 2.36. The zero-order valence-electron chi connectivity index (χ0n) is 39.0. The van der Waals surface area contributed by atoms with Gasteiger partial charge in [0.25, 0.3) is 11.8 Å². The number of unbranched alkanes of at least 4 members (excludes halogenated alkanes) is 1. The van der Waals surface area contributed by atoms with E-state index in [2.05, 4.69) is 54.8 Å². The van der Waals surface area contributed by atoms with Crippen LogP contribution >= 0.6 is 22.6 Å². The normalized spacial score (nSPS) is 15.4. The molecule has 0 saturated carbocycles. The van der Waals surface area contributed by atoms with Crippen molar-refractivity contribution in [2.24, 2.45) is 0 Å². The van der Waals surface area contributed by atoms with Crippen LogP contribution in [-0.4, -0.2) is 74.6 Å². The molecule has 0 fully saturated rings. The van der Waals surface area contributed by atoms with Crippen molar-refractivity contribution in [2.45, 2.75) is 77.6 Å². The molecule has 5 aromatic carbocycles. The lowest BCUT2D eigenvalue weighted by atomic mass is 9.81. The number of aromatic carboxylic acids is 1. The van der Waals surface area contributed by atoms with Crippen LogP contribution in [0.3, 0.4) is 0 Å². The van der Waals surface area contributed by atoms with Gasteiger partial charge in [0.1, 0.15) is 30.3 Å². The van der Waals surface area contributed by atoms with Crippen molar-refractivity contribution in [2.75, 3.05) is 51.3 Å². The molecule has 0 spiro atoms. The van der Waals surface area contributed by atoms with Crippen LogP contribution in [0.15, 0.2) is 72.8 Å². The Kier molecular flexibility index (Phi) is 12.0. The van der Waals surface area contributed by atoms with Gasteiger partial charge in [0, 0.05) is 104 Å². The number of amides is 2. The SMILES string of the molecule is COc1ccc2c(c1)c(CC(=O)NCCCCNC(=O)c1ccc(C3=c4cc5c6c(c4Oc4c3cc3c7c4CCCN7CCC3)CCC[N+]=6CCC5)c(C(=O)[O-])c1)c(C)n2C(=O)c1ccc(I)cc1. The largest absolute Gasteiger partial charge is 0.545 e. The molecule has 13 heteroatoms. The Morgan fingerprint density at radius 3 is 2.29 bits per heavy atom. The summed E-state index contributed by atoms with van der Waals surface area (Å²) in [6.07, 6.45) is 9.15. The maximum Gasteiger partial charge on any atom is 0.262 e. The van der Waals surface area contributed by atoms with E-state index in [-0.39, 0.29) is 35.3 Å². The van der Waals surface area contributed by atoms with Gasteiger partial charge < -0.3 is 34.9 Å². The highest BCUT2D eigenvalue weighted by Crippen LogP contribution is 2.49. The molecule has 2 amide bonds. The van der Waals surface area contributed by atoms with Gasteiger partial charge in [0.05, 0.1) is 30.6 Å². The number of methoxy groups -OCH3 is 1. The predicted molar refractivity (Wildman–Crippen MR) is 271 cm³/mol. The summed E-state index contributed by atoms with van der Waals surface area (Å²) >= 11 is 2.21. The molecule has 352 valence electrons. The average Bonchev–Trinajstić information content (AvgIpc) is 3.63. The molecule has 5 aliphatic heterocycles. The number of aromatic nitrogens is 1. The Labute approximate surface area is 414 Å². The van der Waals surface area contributed by atoms with Crippen LogP contribution in [0, 0.1) is 10.5 Å². The van der Waals surface area contributed by atoms with E-state index in [0.29, 0.717) is 54.0 Å². The van der Waals surface area contributed by atoms with Gasteiger partial charge >= 0.3 is 0 Å². The third kappa shape index (κ3) is 8.05. The number of nitrogens with one attached hydrogen (secondary N) is 2. The van der Waals surface area contributed by atoms with E-state index in [1.807, 2.05) is 37.3 Å². The Balaban J connectivity index is 0.812. The van der Waals surface area contributed by atoms with E-state index in [1.165, 1.54) is 39.4 Å². The van der Waals surface area contributed by atoms with Crippen LogP contribution < -0.4 is 45.3 Å². The molecule has 1 aromatic heterocycles. The molecular weight excluding hydrogens is 982 g/mol. The van der Waals surface area contributed by atoms with E-state index in [9.17, 15) is 24.3 Å². The van der Waals surface area contributed by atoms with E-state index < -0.39 is 5.97 Å². The minimum absolute atomic E-state index is 0.0313. The number of carbonyl (C=O) groups is 4. The lowest BCUT2D eigenvalue weighted by Gasteiger charge is -2.39. The number of ether oxygens (including phenoxy) is 2. The number of anilines is 1. The second-order valence-electron chi connectivity index (χ2n) is 19.0. The fraction of sp³-hybridized carbons (Fsp3) is 0.339. The van der Waals surface area contributed by atoms with Crippen LogP contribution in [0.4, 0.5) is 5.69 Å². The van der Waals surface area contributed by atoms with Crippen molar-refractivity contribution in [1.82, 2.24) is 19.8 Å². The highest BCUT2D eigenvalue weighted by atomic mass is 127. The Bertz CT molecular complexity index is 3290. The molecule has 0 atom stereocenters. The topological polar surface area (TPSA) is 145 Å². The molecule has 5 aliphatic rings. The number of carbonyl (C=O) groups excluding carboxylic acids is 4. The maximum atomic E-state index is 13.8. The molecule has 6 aromatic rings. The van der Waals surface area contributed by atoms with Gasteiger partial charge in [-0.15, -0.1) is 0 Å². The number of fused-ring (bicyclic) bond motifs is 5. The number of benzene rings is 5. The number of carboxylic acids is 1. The summed E-state index contributed by atoms with van der Waals surface area (Å²) in [5.41, 5.74) is 11.4. The van der Waals surface area contributed by atoms with E-state index in [0.717, 1.165) is 120 Å². The Hall–Kier alpha value is -6.48. The summed E-state index contributed by atoms with van der Waals surface area (Å²) in [6, 6.07) is 22.4. The highest BCUT2D eigenvalue weighted by molar-refractivity contribution is 14.1. The first-order chi connectivity index (χ1) is 33.6. The fourth-order valence-corrected chi connectivity index (χ4v) is 12.0. The molecule has 0 radical (unpaired) electrons. The van der Waals surface area contributed by atoms with Gasteiger partial charge in [-0.25, -0.2) is 4.58 Å². The molecule has 0 saturated heterocycles. The number of aryl methyl sites for hydroxylation is 2. The summed E-state index contributed by atoms with van der Waals surface area (Å²) in [5, 5.41) is 22.2. The first kappa shape index (κ1) is 45.0. The van der Waals surface area contributed by atoms with Crippen LogP contribution in [-0.2, 0) is 36.9 Å². The first-order valence-corrected chi connectivity index (χ1v) is 25.5. The second-order valence-corrected chi connectivity index (χ2v) is 20.2. The van der Waals surface area contributed by atoms with E-state index >= 15 is 0 Å². The lowest BCUT2D eigenvalue weighted by molar-refractivity contribution is -0.255. The van der Waals surface area contributed by atoms with Crippen LogP contribution in [0.5, 0.6) is 17.2 Å². The summed E-state index contributed by atoms with van der Waals surface area (Å²) in [7, 11) is 1.59. The van der Waals surface area contributed by atoms with E-state index in [4.69, 9.17) is 9.47 Å². The average molecular weight is 1040 g/mol. The summed E-state index contributed by atoms with van der Waals surface area (Å²) in [4.78, 5) is 56.6. The van der Waals surface area contributed by atoms with Crippen molar-refractivity contribution in [1.29, 1.82) is 0 Å². The molecule has 6 heterocycles. The standard InChI is InChI=1S/C56H54IN5O7/c1-32-42(43-30-38(68-2)18-20-47(43)62(32)55(65)33-13-16-37(57)17-14-33)31-48(63)58-21-3-4-22-59-54(64)36-15-19-39(44(29-36)56(66)67)49-45-27-34-9-5-23-60-25-7-11-40(50(34)60)52(45)69-53-41-12-8-26-61-24-6-10-35(51(41)61)28-46(49)53/h13-20,27-30H,3-12,21-26,31H2,1-2H3,(H2-,58,59,63,64,66,67). The minimum atomic E-state index is -1.34. The number of hydrogen-bond acceptors (Lipinski definition) is 8. The van der Waals surface area contributed by atoms with Crippen molar-refractivity contribution in [3.05, 3.63) is 148 Å². The van der Waals surface area contributed by atoms with E-state index in [1.54, 1.807) is 35.9 Å². The Morgan fingerprint density at radius 1 is 0.783 bits per heavy atom. The van der Waals surface area contributed by atoms with Gasteiger partial charge in [-0.3, -0.25) is 19.0 Å². The third-order valence-electron chi connectivity index (χ3n) is 14.8. The molecule has 12 nitrogen and oxygen atoms in total. The monoisotopic (exact) mass is 1040 g/mol. The number of nitrogens with zero attached hydrogens (tertiary/aromatic N) is 3. The number of hydrogen-bond donors (Lipinski definition) is 2. The molecule has 11 rings (SSSR count). The third-order valence-corrected chi connectivity index (χ3v) is 15.6. The predicted octanol–water partition coefficient (Wildman–Crippen LogP) is 5.92. The molecule has 69 heavy (non-hydrogen) atoms. The zero-order chi connectivity index (χ0) is 47.5. The number of carboxylic acid groups (broad SMARTS) is 1. The van der Waals surface area contributed by atoms with Gasteiger partial charge in [-0.2, -0.15) is 0 Å². The quantitative estimate of drug-likeness (QED) is 0.0873. The van der Waals surface area contributed by atoms with Crippen molar-refractivity contribution >= 4 is 68.4 Å². The zero-order valence-corrected chi connectivity index (χ0v) is 41.2. The number of halogens is 1. The number of rotatable bonds is 12. The summed E-state index contributed by atoms with van der Waals surface area (Å²) < 4.78 is 17.9.